The molecule has 1 aliphatic rings. The van der Waals surface area contributed by atoms with Crippen LogP contribution in [0.1, 0.15) is 187 Å². The molecule has 0 aromatic heterocycles. The summed E-state index contributed by atoms with van der Waals surface area (Å²) in [6.45, 7) is 3.81. The number of aliphatic hydroxyl groups is 3. The van der Waals surface area contributed by atoms with Gasteiger partial charge in [0, 0.05) is 13.0 Å². The van der Waals surface area contributed by atoms with Crippen LogP contribution in [0.25, 0.3) is 0 Å². The molecular formula is C52H90O12S. The van der Waals surface area contributed by atoms with Gasteiger partial charge in [-0.05, 0) is 77.0 Å². The van der Waals surface area contributed by atoms with Crippen molar-refractivity contribution in [2.75, 3.05) is 26.4 Å². The summed E-state index contributed by atoms with van der Waals surface area (Å²) in [6, 6.07) is 0. The maximum absolute atomic E-state index is 12.9. The van der Waals surface area contributed by atoms with E-state index in [1.54, 1.807) is 0 Å². The topological polar surface area (TPSA) is 178 Å². The van der Waals surface area contributed by atoms with Crippen LogP contribution in [0.15, 0.2) is 72.9 Å². The van der Waals surface area contributed by atoms with Crippen molar-refractivity contribution >= 4 is 16.4 Å². The zero-order valence-corrected chi connectivity index (χ0v) is 41.1. The van der Waals surface area contributed by atoms with Crippen LogP contribution < -0.4 is 0 Å². The monoisotopic (exact) mass is 939 g/mol. The lowest BCUT2D eigenvalue weighted by Gasteiger charge is -2.41. The molecule has 13 heteroatoms. The highest BCUT2D eigenvalue weighted by molar-refractivity contribution is 7.80. The van der Waals surface area contributed by atoms with Gasteiger partial charge in [-0.25, -0.2) is 4.18 Å². The Balaban J connectivity index is 2.34. The molecule has 1 heterocycles. The van der Waals surface area contributed by atoms with Gasteiger partial charge in [-0.15, -0.1) is 0 Å². The highest BCUT2D eigenvalue weighted by atomic mass is 32.3. The largest absolute Gasteiger partial charge is 0.457 e. The Bertz CT molecular complexity index is 1410. The van der Waals surface area contributed by atoms with Gasteiger partial charge in [0.2, 0.25) is 0 Å². The minimum atomic E-state index is -5.07. The zero-order chi connectivity index (χ0) is 47.5. The summed E-state index contributed by atoms with van der Waals surface area (Å²) in [5.41, 5.74) is 0. The first-order valence-electron chi connectivity index (χ1n) is 25.2. The van der Waals surface area contributed by atoms with Crippen LogP contribution in [-0.2, 0) is 38.3 Å². The minimum Gasteiger partial charge on any atom is -0.457 e. The third-order valence-electron chi connectivity index (χ3n) is 11.1. The highest BCUT2D eigenvalue weighted by Gasteiger charge is 2.48. The Kier molecular flexibility index (Phi) is 39.9. The van der Waals surface area contributed by atoms with Crippen LogP contribution >= 0.6 is 0 Å². The fourth-order valence-electron chi connectivity index (χ4n) is 7.27. The fourth-order valence-corrected chi connectivity index (χ4v) is 7.78. The molecule has 6 unspecified atom stereocenters. The van der Waals surface area contributed by atoms with Crippen LogP contribution in [0.2, 0.25) is 0 Å². The second-order valence-electron chi connectivity index (χ2n) is 17.0. The summed E-state index contributed by atoms with van der Waals surface area (Å²) in [5, 5.41) is 30.7. The summed E-state index contributed by atoms with van der Waals surface area (Å²) in [7, 11) is -5.07. The Morgan fingerprint density at radius 3 is 1.55 bits per heavy atom. The second-order valence-corrected chi connectivity index (χ2v) is 18.1. The summed E-state index contributed by atoms with van der Waals surface area (Å²) in [4.78, 5) is 12.9. The first-order chi connectivity index (χ1) is 31.6. The van der Waals surface area contributed by atoms with Crippen molar-refractivity contribution in [1.82, 2.24) is 0 Å². The van der Waals surface area contributed by atoms with E-state index >= 15 is 0 Å². The second kappa shape index (κ2) is 42.9. The smallest absolute Gasteiger partial charge is 0.397 e. The number of carbonyl (C=O) groups excluding carboxylic acids is 1. The molecule has 12 nitrogen and oxygen atoms in total. The molecule has 0 bridgehead atoms. The van der Waals surface area contributed by atoms with E-state index in [0.29, 0.717) is 13.0 Å². The fraction of sp³-hybridized carbons (Fsp3) is 0.750. The lowest BCUT2D eigenvalue weighted by atomic mass is 9.99. The third-order valence-corrected chi connectivity index (χ3v) is 11.5. The van der Waals surface area contributed by atoms with E-state index in [0.717, 1.165) is 96.3 Å². The Hall–Kier alpha value is -2.46. The quantitative estimate of drug-likeness (QED) is 0.0197. The standard InChI is InChI=1S/C52H90O12S/c1-3-5-7-9-11-13-15-17-19-20-21-22-23-24-25-26-27-28-30-32-34-36-38-40-42-60-44-46(45-61-52-50(56)51(64-65(57,58)59)49(55)47(43-53)63-52)62-48(54)41-39-37-35-33-31-29-18-16-14-12-10-8-6-4-2/h5,7,10-13,16-19,21-22,46-47,49-53,55-56H,3-4,6,8-9,14-15,20,23-45H2,1-2H3,(H,57,58,59)/b7-5-,12-10-,13-11-,18-16-,19-17-,22-21-. The Morgan fingerprint density at radius 2 is 1.06 bits per heavy atom. The van der Waals surface area contributed by atoms with Gasteiger partial charge in [0.15, 0.2) is 6.29 Å². The first kappa shape index (κ1) is 60.6. The van der Waals surface area contributed by atoms with Crippen LogP contribution in [0.4, 0.5) is 0 Å². The van der Waals surface area contributed by atoms with E-state index in [1.165, 1.54) is 64.2 Å². The molecule has 1 fully saturated rings. The van der Waals surface area contributed by atoms with Gasteiger partial charge in [0.25, 0.3) is 0 Å². The van der Waals surface area contributed by atoms with Gasteiger partial charge in [-0.1, -0.05) is 177 Å². The van der Waals surface area contributed by atoms with Crippen LogP contribution in [0, 0.1) is 0 Å². The zero-order valence-electron chi connectivity index (χ0n) is 40.3. The SMILES string of the molecule is CC/C=C\C/C=C\C/C=C\C/C=C\CCCCCCCCCCCCCOCC(COC1OC(CO)C(O)C(OS(=O)(=O)O)C1O)OC(=O)CCCCCCC/C=C\C/C=C\CCCC. The Labute approximate surface area is 394 Å². The van der Waals surface area contributed by atoms with Gasteiger partial charge in [0.1, 0.15) is 30.5 Å². The van der Waals surface area contributed by atoms with Crippen molar-refractivity contribution in [3.05, 3.63) is 72.9 Å². The van der Waals surface area contributed by atoms with E-state index < -0.39 is 59.8 Å². The average Bonchev–Trinajstić information content (AvgIpc) is 3.28. The van der Waals surface area contributed by atoms with Gasteiger partial charge in [0.05, 0.1) is 19.8 Å². The molecular weight excluding hydrogens is 849 g/mol. The number of allylic oxidation sites excluding steroid dienone is 12. The summed E-state index contributed by atoms with van der Waals surface area (Å²) >= 11 is 0. The van der Waals surface area contributed by atoms with E-state index in [4.69, 9.17) is 18.9 Å². The normalized spacial score (nSPS) is 20.2. The summed E-state index contributed by atoms with van der Waals surface area (Å²) in [6.07, 6.45) is 46.5. The molecule has 0 spiro atoms. The maximum Gasteiger partial charge on any atom is 0.397 e. The molecule has 0 aliphatic carbocycles. The molecule has 65 heavy (non-hydrogen) atoms. The van der Waals surface area contributed by atoms with E-state index in [-0.39, 0.29) is 19.6 Å². The summed E-state index contributed by atoms with van der Waals surface area (Å²) < 4.78 is 59.2. The molecule has 0 aromatic rings. The molecule has 0 amide bonds. The molecule has 1 saturated heterocycles. The number of unbranched alkanes of at least 4 members (excludes halogenated alkanes) is 18. The number of rotatable bonds is 43. The van der Waals surface area contributed by atoms with Crippen LogP contribution in [0.5, 0.6) is 0 Å². The van der Waals surface area contributed by atoms with Crippen molar-refractivity contribution < 1.29 is 56.2 Å². The minimum absolute atomic E-state index is 0.0248. The molecule has 0 aromatic carbocycles. The molecule has 0 saturated carbocycles. The van der Waals surface area contributed by atoms with Gasteiger partial charge >= 0.3 is 16.4 Å². The van der Waals surface area contributed by atoms with Crippen molar-refractivity contribution in [1.29, 1.82) is 0 Å². The first-order valence-corrected chi connectivity index (χ1v) is 26.6. The molecule has 6 atom stereocenters. The van der Waals surface area contributed by atoms with Crippen molar-refractivity contribution in [2.45, 2.75) is 224 Å². The average molecular weight is 939 g/mol. The van der Waals surface area contributed by atoms with Crippen molar-refractivity contribution in [2.24, 2.45) is 0 Å². The van der Waals surface area contributed by atoms with Gasteiger partial charge in [-0.3, -0.25) is 9.35 Å². The molecule has 376 valence electrons. The molecule has 1 aliphatic heterocycles. The summed E-state index contributed by atoms with van der Waals surface area (Å²) in [5.74, 6) is -0.416. The highest BCUT2D eigenvalue weighted by Crippen LogP contribution is 2.26. The number of aliphatic hydroxyl groups excluding tert-OH is 3. The maximum atomic E-state index is 12.9. The number of hydrogen-bond donors (Lipinski definition) is 4. The number of esters is 1. The van der Waals surface area contributed by atoms with Gasteiger partial charge in [-0.2, -0.15) is 8.42 Å². The van der Waals surface area contributed by atoms with E-state index in [1.807, 2.05) is 0 Å². The number of carbonyl (C=O) groups is 1. The van der Waals surface area contributed by atoms with Crippen molar-refractivity contribution in [3.8, 4) is 0 Å². The van der Waals surface area contributed by atoms with Crippen LogP contribution in [-0.4, -0.2) is 97.5 Å². The van der Waals surface area contributed by atoms with Gasteiger partial charge < -0.3 is 34.3 Å². The van der Waals surface area contributed by atoms with E-state index in [9.17, 15) is 33.1 Å². The number of ether oxygens (including phenoxy) is 4. The molecule has 4 N–H and O–H groups in total. The predicted octanol–water partition coefficient (Wildman–Crippen LogP) is 11.5. The predicted molar refractivity (Wildman–Crippen MR) is 262 cm³/mol. The lowest BCUT2D eigenvalue weighted by Crippen LogP contribution is -2.60. The molecule has 1 rings (SSSR count). The van der Waals surface area contributed by atoms with E-state index in [2.05, 4.69) is 90.9 Å². The third kappa shape index (κ3) is 36.3. The van der Waals surface area contributed by atoms with Crippen LogP contribution in [0.3, 0.4) is 0 Å². The number of hydrogen-bond acceptors (Lipinski definition) is 11. The van der Waals surface area contributed by atoms with Crippen molar-refractivity contribution in [3.63, 3.8) is 0 Å². The molecule has 0 radical (unpaired) electrons. The lowest BCUT2D eigenvalue weighted by molar-refractivity contribution is -0.301. The Morgan fingerprint density at radius 1 is 0.600 bits per heavy atom.